The zero-order valence-electron chi connectivity index (χ0n) is 9.91. The summed E-state index contributed by atoms with van der Waals surface area (Å²) in [6, 6.07) is 0.446. The lowest BCUT2D eigenvalue weighted by molar-refractivity contribution is -0.143. The van der Waals surface area contributed by atoms with Crippen molar-refractivity contribution in [1.29, 1.82) is 0 Å². The van der Waals surface area contributed by atoms with Crippen LogP contribution in [0.3, 0.4) is 0 Å². The minimum absolute atomic E-state index is 0.114. The number of nitrogens with one attached hydrogen (secondary N) is 1. The van der Waals surface area contributed by atoms with Crippen LogP contribution in [0, 0.1) is 5.92 Å². The van der Waals surface area contributed by atoms with E-state index in [1.54, 1.807) is 0 Å². The van der Waals surface area contributed by atoms with Gasteiger partial charge < -0.3 is 14.8 Å². The Morgan fingerprint density at radius 2 is 2.25 bits per heavy atom. The smallest absolute Gasteiger partial charge is 0.307 e. The maximum Gasteiger partial charge on any atom is 0.307 e. The molecule has 0 spiro atoms. The van der Waals surface area contributed by atoms with E-state index in [-0.39, 0.29) is 5.97 Å². The van der Waals surface area contributed by atoms with E-state index in [0.29, 0.717) is 31.7 Å². The summed E-state index contributed by atoms with van der Waals surface area (Å²) in [6.07, 6.45) is 4.54. The van der Waals surface area contributed by atoms with Gasteiger partial charge >= 0.3 is 5.97 Å². The third kappa shape index (κ3) is 3.19. The summed E-state index contributed by atoms with van der Waals surface area (Å²) < 4.78 is 10.6. The Labute approximate surface area is 96.7 Å². The Morgan fingerprint density at radius 1 is 1.44 bits per heavy atom. The molecule has 2 fully saturated rings. The SMILES string of the molecule is CCOC(=O)CCNC1CCOC1C1CC1. The van der Waals surface area contributed by atoms with Gasteiger partial charge in [-0.3, -0.25) is 4.79 Å². The topological polar surface area (TPSA) is 47.6 Å². The monoisotopic (exact) mass is 227 g/mol. The maximum atomic E-state index is 11.2. The van der Waals surface area contributed by atoms with E-state index in [1.165, 1.54) is 12.8 Å². The molecule has 0 bridgehead atoms. The fourth-order valence-corrected chi connectivity index (χ4v) is 2.31. The number of ether oxygens (including phenoxy) is 2. The van der Waals surface area contributed by atoms with Gasteiger partial charge in [-0.2, -0.15) is 0 Å². The predicted molar refractivity (Wildman–Crippen MR) is 60.1 cm³/mol. The fraction of sp³-hybridized carbons (Fsp3) is 0.917. The molecule has 0 aromatic rings. The largest absolute Gasteiger partial charge is 0.466 e. The van der Waals surface area contributed by atoms with Crippen molar-refractivity contribution in [3.8, 4) is 0 Å². The number of carbonyl (C=O) groups is 1. The Morgan fingerprint density at radius 3 is 2.94 bits per heavy atom. The van der Waals surface area contributed by atoms with Crippen molar-refractivity contribution in [2.75, 3.05) is 19.8 Å². The van der Waals surface area contributed by atoms with Gasteiger partial charge in [0, 0.05) is 19.2 Å². The van der Waals surface area contributed by atoms with E-state index in [0.717, 1.165) is 18.9 Å². The molecule has 0 aromatic heterocycles. The first kappa shape index (κ1) is 11.9. The molecule has 1 aliphatic heterocycles. The summed E-state index contributed by atoms with van der Waals surface area (Å²) in [5.74, 6) is 0.652. The molecule has 1 aliphatic carbocycles. The average molecular weight is 227 g/mol. The van der Waals surface area contributed by atoms with Crippen LogP contribution in [0.5, 0.6) is 0 Å². The lowest BCUT2D eigenvalue weighted by Crippen LogP contribution is -2.38. The van der Waals surface area contributed by atoms with E-state index in [4.69, 9.17) is 9.47 Å². The van der Waals surface area contributed by atoms with Crippen LogP contribution in [-0.4, -0.2) is 37.9 Å². The molecule has 4 nitrogen and oxygen atoms in total. The van der Waals surface area contributed by atoms with Crippen molar-refractivity contribution < 1.29 is 14.3 Å². The molecular formula is C12H21NO3. The highest BCUT2D eigenvalue weighted by Gasteiger charge is 2.40. The minimum Gasteiger partial charge on any atom is -0.466 e. The summed E-state index contributed by atoms with van der Waals surface area (Å²) in [5, 5.41) is 3.42. The molecule has 0 radical (unpaired) electrons. The molecule has 16 heavy (non-hydrogen) atoms. The quantitative estimate of drug-likeness (QED) is 0.690. The second-order valence-corrected chi connectivity index (χ2v) is 4.58. The predicted octanol–water partition coefficient (Wildman–Crippen LogP) is 1.10. The zero-order chi connectivity index (χ0) is 11.4. The van der Waals surface area contributed by atoms with Crippen LogP contribution in [0.25, 0.3) is 0 Å². The summed E-state index contributed by atoms with van der Waals surface area (Å²) in [5.41, 5.74) is 0. The van der Waals surface area contributed by atoms with Gasteiger partial charge in [-0.05, 0) is 32.1 Å². The van der Waals surface area contributed by atoms with Crippen molar-refractivity contribution >= 4 is 5.97 Å². The number of rotatable bonds is 6. The van der Waals surface area contributed by atoms with Crippen LogP contribution in [0.15, 0.2) is 0 Å². The summed E-state index contributed by atoms with van der Waals surface area (Å²) in [4.78, 5) is 11.2. The highest BCUT2D eigenvalue weighted by atomic mass is 16.5. The van der Waals surface area contributed by atoms with Crippen molar-refractivity contribution in [1.82, 2.24) is 5.32 Å². The first-order valence-corrected chi connectivity index (χ1v) is 6.32. The number of esters is 1. The van der Waals surface area contributed by atoms with Crippen molar-refractivity contribution in [2.24, 2.45) is 5.92 Å². The Hall–Kier alpha value is -0.610. The van der Waals surface area contributed by atoms with Crippen molar-refractivity contribution in [3.63, 3.8) is 0 Å². The van der Waals surface area contributed by atoms with Crippen LogP contribution in [0.4, 0.5) is 0 Å². The summed E-state index contributed by atoms with van der Waals surface area (Å²) >= 11 is 0. The Kier molecular flexibility index (Phi) is 4.18. The van der Waals surface area contributed by atoms with Crippen molar-refractivity contribution in [3.05, 3.63) is 0 Å². The van der Waals surface area contributed by atoms with Gasteiger partial charge in [0.25, 0.3) is 0 Å². The summed E-state index contributed by atoms with van der Waals surface area (Å²) in [6.45, 7) is 3.86. The molecule has 1 heterocycles. The van der Waals surface area contributed by atoms with E-state index in [9.17, 15) is 4.79 Å². The molecule has 92 valence electrons. The molecule has 1 saturated carbocycles. The maximum absolute atomic E-state index is 11.2. The van der Waals surface area contributed by atoms with Crippen molar-refractivity contribution in [2.45, 2.75) is 44.8 Å². The molecule has 0 amide bonds. The third-order valence-electron chi connectivity index (χ3n) is 3.26. The molecule has 2 aliphatic rings. The van der Waals surface area contributed by atoms with Crippen LogP contribution in [-0.2, 0) is 14.3 Å². The second kappa shape index (κ2) is 5.64. The highest BCUT2D eigenvalue weighted by Crippen LogP contribution is 2.38. The van der Waals surface area contributed by atoms with Crippen LogP contribution >= 0.6 is 0 Å². The van der Waals surface area contributed by atoms with Gasteiger partial charge in [0.15, 0.2) is 0 Å². The van der Waals surface area contributed by atoms with Gasteiger partial charge in [-0.1, -0.05) is 0 Å². The lowest BCUT2D eigenvalue weighted by Gasteiger charge is -2.19. The van der Waals surface area contributed by atoms with Gasteiger partial charge in [0.1, 0.15) is 0 Å². The van der Waals surface area contributed by atoms with Crippen LogP contribution in [0.1, 0.15) is 32.6 Å². The molecule has 4 heteroatoms. The zero-order valence-corrected chi connectivity index (χ0v) is 9.91. The van der Waals surface area contributed by atoms with Crippen LogP contribution in [0.2, 0.25) is 0 Å². The lowest BCUT2D eigenvalue weighted by atomic mass is 10.1. The molecule has 2 unspecified atom stereocenters. The molecule has 2 rings (SSSR count). The molecule has 1 saturated heterocycles. The average Bonchev–Trinajstić information content (AvgIpc) is 3.00. The van der Waals surface area contributed by atoms with Gasteiger partial charge in [-0.25, -0.2) is 0 Å². The molecular weight excluding hydrogens is 206 g/mol. The fourth-order valence-electron chi connectivity index (χ4n) is 2.31. The molecule has 0 aromatic carbocycles. The van der Waals surface area contributed by atoms with Crippen LogP contribution < -0.4 is 5.32 Å². The first-order chi connectivity index (χ1) is 7.81. The van der Waals surface area contributed by atoms with E-state index >= 15 is 0 Å². The molecule has 1 N–H and O–H groups in total. The highest BCUT2D eigenvalue weighted by molar-refractivity contribution is 5.69. The van der Waals surface area contributed by atoms with Gasteiger partial charge in [-0.15, -0.1) is 0 Å². The second-order valence-electron chi connectivity index (χ2n) is 4.58. The Balaban J connectivity index is 1.63. The third-order valence-corrected chi connectivity index (χ3v) is 3.26. The first-order valence-electron chi connectivity index (χ1n) is 6.32. The standard InChI is InChI=1S/C12H21NO3/c1-2-15-11(14)5-7-13-10-6-8-16-12(10)9-3-4-9/h9-10,12-13H,2-8H2,1H3. The number of hydrogen-bond acceptors (Lipinski definition) is 4. The summed E-state index contributed by atoms with van der Waals surface area (Å²) in [7, 11) is 0. The number of hydrogen-bond donors (Lipinski definition) is 1. The van der Waals surface area contributed by atoms with E-state index in [1.807, 2.05) is 6.92 Å². The molecule has 2 atom stereocenters. The van der Waals surface area contributed by atoms with E-state index < -0.39 is 0 Å². The van der Waals surface area contributed by atoms with Gasteiger partial charge in [0.05, 0.1) is 19.1 Å². The minimum atomic E-state index is -0.114. The van der Waals surface area contributed by atoms with Gasteiger partial charge in [0.2, 0.25) is 0 Å². The Bertz CT molecular complexity index is 240. The normalized spacial score (nSPS) is 29.3. The number of carbonyl (C=O) groups excluding carboxylic acids is 1. The van der Waals surface area contributed by atoms with E-state index in [2.05, 4.69) is 5.32 Å².